The van der Waals surface area contributed by atoms with E-state index in [1.165, 1.54) is 20.2 Å². The molecule has 1 aromatic heterocycles. The molecule has 0 saturated heterocycles. The number of sulfonamides is 1. The summed E-state index contributed by atoms with van der Waals surface area (Å²) >= 11 is 0. The van der Waals surface area contributed by atoms with Gasteiger partial charge < -0.3 is 10.1 Å². The van der Waals surface area contributed by atoms with Gasteiger partial charge in [-0.2, -0.15) is 4.31 Å². The van der Waals surface area contributed by atoms with Crippen molar-refractivity contribution in [3.63, 3.8) is 0 Å². The first-order chi connectivity index (χ1) is 6.84. The van der Waals surface area contributed by atoms with Crippen molar-refractivity contribution in [3.05, 3.63) is 12.0 Å². The van der Waals surface area contributed by atoms with Crippen molar-refractivity contribution in [1.29, 1.82) is 0 Å². The molecular weight excluding hydrogens is 218 g/mol. The topological polar surface area (TPSA) is 86.3 Å². The lowest BCUT2D eigenvalue weighted by Crippen LogP contribution is -2.33. The van der Waals surface area contributed by atoms with Crippen molar-refractivity contribution in [2.45, 2.75) is 25.0 Å². The van der Waals surface area contributed by atoms with Gasteiger partial charge in [0, 0.05) is 13.6 Å². The SMILES string of the molecule is Cc1ncc(S(=O)(=O)N(C)CC(C)O)[nH]1. The molecule has 0 aliphatic rings. The van der Waals surface area contributed by atoms with E-state index in [0.717, 1.165) is 4.31 Å². The number of aliphatic hydroxyl groups is 1. The molecular formula is C8H15N3O3S. The van der Waals surface area contributed by atoms with E-state index in [2.05, 4.69) is 9.97 Å². The minimum absolute atomic E-state index is 0.0446. The van der Waals surface area contributed by atoms with Gasteiger partial charge in [-0.15, -0.1) is 0 Å². The Bertz CT molecular complexity index is 424. The lowest BCUT2D eigenvalue weighted by molar-refractivity contribution is 0.171. The van der Waals surface area contributed by atoms with Gasteiger partial charge >= 0.3 is 0 Å². The third-order valence-corrected chi connectivity index (χ3v) is 3.62. The number of aryl methyl sites for hydroxylation is 1. The molecule has 0 spiro atoms. The summed E-state index contributed by atoms with van der Waals surface area (Å²) in [6.45, 7) is 3.26. The fraction of sp³-hybridized carbons (Fsp3) is 0.625. The molecule has 0 radical (unpaired) electrons. The molecule has 0 saturated carbocycles. The van der Waals surface area contributed by atoms with Crippen molar-refractivity contribution in [2.75, 3.05) is 13.6 Å². The molecule has 1 unspecified atom stereocenters. The highest BCUT2D eigenvalue weighted by atomic mass is 32.2. The number of nitrogens with one attached hydrogen (secondary N) is 1. The van der Waals surface area contributed by atoms with E-state index in [9.17, 15) is 8.42 Å². The molecule has 7 heteroatoms. The van der Waals surface area contributed by atoms with E-state index in [1.807, 2.05) is 0 Å². The van der Waals surface area contributed by atoms with Crippen LogP contribution in [0.2, 0.25) is 0 Å². The van der Waals surface area contributed by atoms with E-state index in [-0.39, 0.29) is 11.6 Å². The summed E-state index contributed by atoms with van der Waals surface area (Å²) < 4.78 is 24.7. The molecule has 1 heterocycles. The molecule has 15 heavy (non-hydrogen) atoms. The van der Waals surface area contributed by atoms with Crippen LogP contribution in [-0.2, 0) is 10.0 Å². The number of nitrogens with zero attached hydrogens (tertiary/aromatic N) is 2. The first-order valence-corrected chi connectivity index (χ1v) is 5.94. The summed E-state index contributed by atoms with van der Waals surface area (Å²) in [5, 5.41) is 9.15. The Morgan fingerprint density at radius 1 is 1.67 bits per heavy atom. The van der Waals surface area contributed by atoms with Gasteiger partial charge in [-0.05, 0) is 13.8 Å². The fourth-order valence-electron chi connectivity index (χ4n) is 1.17. The second kappa shape index (κ2) is 4.30. The van der Waals surface area contributed by atoms with Gasteiger partial charge in [-0.25, -0.2) is 13.4 Å². The van der Waals surface area contributed by atoms with Crippen LogP contribution in [0.1, 0.15) is 12.7 Å². The van der Waals surface area contributed by atoms with Crippen molar-refractivity contribution in [1.82, 2.24) is 14.3 Å². The van der Waals surface area contributed by atoms with Crippen molar-refractivity contribution in [3.8, 4) is 0 Å². The number of H-pyrrole nitrogens is 1. The first kappa shape index (κ1) is 12.2. The third-order valence-electron chi connectivity index (χ3n) is 1.89. The van der Waals surface area contributed by atoms with Crippen LogP contribution >= 0.6 is 0 Å². The maximum absolute atomic E-state index is 11.8. The van der Waals surface area contributed by atoms with Crippen molar-refractivity contribution in [2.24, 2.45) is 0 Å². The minimum atomic E-state index is -3.56. The summed E-state index contributed by atoms with van der Waals surface area (Å²) in [6, 6.07) is 0. The largest absolute Gasteiger partial charge is 0.392 e. The summed E-state index contributed by atoms with van der Waals surface area (Å²) in [7, 11) is -2.14. The standard InChI is InChI=1S/C8H15N3O3S/c1-6(12)5-11(3)15(13,14)8-4-9-7(2)10-8/h4,6,12H,5H2,1-3H3,(H,9,10). The lowest BCUT2D eigenvalue weighted by Gasteiger charge is -2.17. The number of imidazole rings is 1. The molecule has 6 nitrogen and oxygen atoms in total. The van der Waals surface area contributed by atoms with Crippen LogP contribution in [0, 0.1) is 6.92 Å². The third kappa shape index (κ3) is 2.77. The van der Waals surface area contributed by atoms with Crippen LogP contribution in [0.3, 0.4) is 0 Å². The Labute approximate surface area is 89.0 Å². The molecule has 1 aromatic rings. The highest BCUT2D eigenvalue weighted by Gasteiger charge is 2.23. The number of aromatic amines is 1. The Morgan fingerprint density at radius 2 is 2.27 bits per heavy atom. The lowest BCUT2D eigenvalue weighted by atomic mass is 10.4. The number of likely N-dealkylation sites (N-methyl/N-ethyl adjacent to an activating group) is 1. The Kier molecular flexibility index (Phi) is 3.48. The summed E-state index contributed by atoms with van der Waals surface area (Å²) in [5.74, 6) is 0.541. The van der Waals surface area contributed by atoms with E-state index in [0.29, 0.717) is 5.82 Å². The molecule has 86 valence electrons. The molecule has 0 aliphatic heterocycles. The number of aromatic nitrogens is 2. The molecule has 0 bridgehead atoms. The molecule has 1 atom stereocenters. The van der Waals surface area contributed by atoms with Crippen LogP contribution in [0.4, 0.5) is 0 Å². The van der Waals surface area contributed by atoms with Gasteiger partial charge in [0.1, 0.15) is 5.82 Å². The smallest absolute Gasteiger partial charge is 0.259 e. The zero-order valence-corrected chi connectivity index (χ0v) is 9.74. The maximum atomic E-state index is 11.8. The molecule has 0 aromatic carbocycles. The van der Waals surface area contributed by atoms with Gasteiger partial charge in [-0.3, -0.25) is 0 Å². The van der Waals surface area contributed by atoms with E-state index >= 15 is 0 Å². The van der Waals surface area contributed by atoms with Crippen LogP contribution in [0.15, 0.2) is 11.2 Å². The summed E-state index contributed by atoms with van der Waals surface area (Å²) in [6.07, 6.45) is 0.567. The predicted molar refractivity (Wildman–Crippen MR) is 54.8 cm³/mol. The Hall–Kier alpha value is -0.920. The predicted octanol–water partition coefficient (Wildman–Crippen LogP) is -0.281. The molecule has 1 rings (SSSR count). The van der Waals surface area contributed by atoms with Gasteiger partial charge in [0.2, 0.25) is 0 Å². The molecule has 2 N–H and O–H groups in total. The van der Waals surface area contributed by atoms with Gasteiger partial charge in [0.15, 0.2) is 5.03 Å². The summed E-state index contributed by atoms with van der Waals surface area (Å²) in [4.78, 5) is 6.47. The second-order valence-corrected chi connectivity index (χ2v) is 5.48. The molecule has 0 aliphatic carbocycles. The second-order valence-electron chi connectivity index (χ2n) is 3.47. The van der Waals surface area contributed by atoms with Crippen LogP contribution in [-0.4, -0.2) is 47.5 Å². The molecule has 0 fully saturated rings. The number of hydrogen-bond donors (Lipinski definition) is 2. The van der Waals surface area contributed by atoms with Gasteiger partial charge in [0.25, 0.3) is 10.0 Å². The highest BCUT2D eigenvalue weighted by molar-refractivity contribution is 7.89. The highest BCUT2D eigenvalue weighted by Crippen LogP contribution is 2.11. The zero-order chi connectivity index (χ0) is 11.6. The average molecular weight is 233 g/mol. The van der Waals surface area contributed by atoms with Crippen molar-refractivity contribution >= 4 is 10.0 Å². The molecule has 0 amide bonds. The maximum Gasteiger partial charge on any atom is 0.259 e. The summed E-state index contributed by atoms with van der Waals surface area (Å²) in [5.41, 5.74) is 0. The van der Waals surface area contributed by atoms with Gasteiger partial charge in [0.05, 0.1) is 12.3 Å². The Morgan fingerprint density at radius 3 is 2.67 bits per heavy atom. The number of rotatable bonds is 4. The quantitative estimate of drug-likeness (QED) is 0.749. The fourth-order valence-corrected chi connectivity index (χ4v) is 2.38. The van der Waals surface area contributed by atoms with Crippen LogP contribution in [0.25, 0.3) is 0 Å². The zero-order valence-electron chi connectivity index (χ0n) is 8.93. The van der Waals surface area contributed by atoms with E-state index in [1.54, 1.807) is 6.92 Å². The van der Waals surface area contributed by atoms with Gasteiger partial charge in [-0.1, -0.05) is 0 Å². The normalized spacial score (nSPS) is 14.5. The number of aliphatic hydroxyl groups excluding tert-OH is 1. The van der Waals surface area contributed by atoms with Crippen LogP contribution in [0.5, 0.6) is 0 Å². The number of hydrogen-bond acceptors (Lipinski definition) is 4. The monoisotopic (exact) mass is 233 g/mol. The van der Waals surface area contributed by atoms with Crippen LogP contribution < -0.4 is 0 Å². The van der Waals surface area contributed by atoms with E-state index in [4.69, 9.17) is 5.11 Å². The Balaban J connectivity index is 2.93. The minimum Gasteiger partial charge on any atom is -0.392 e. The average Bonchev–Trinajstić information content (AvgIpc) is 2.50. The van der Waals surface area contributed by atoms with E-state index < -0.39 is 16.1 Å². The van der Waals surface area contributed by atoms with Crippen molar-refractivity contribution < 1.29 is 13.5 Å². The first-order valence-electron chi connectivity index (χ1n) is 4.50.